The van der Waals surface area contributed by atoms with Crippen LogP contribution < -0.4 is 9.64 Å². The predicted octanol–water partition coefficient (Wildman–Crippen LogP) is 1.10. The average molecular weight is 315 g/mol. The topological polar surface area (TPSA) is 81.3 Å². The quantitative estimate of drug-likeness (QED) is 0.716. The Bertz CT molecular complexity index is 798. The van der Waals surface area contributed by atoms with Gasteiger partial charge in [-0.15, -0.1) is 15.3 Å². The molecule has 0 aliphatic carbocycles. The normalized spacial score (nSPS) is 16.0. The van der Waals surface area contributed by atoms with Crippen molar-refractivity contribution in [2.75, 3.05) is 18.0 Å². The maximum Gasteiger partial charge on any atom is 0.316 e. The van der Waals surface area contributed by atoms with Gasteiger partial charge >= 0.3 is 6.01 Å². The van der Waals surface area contributed by atoms with Crippen molar-refractivity contribution in [1.82, 2.24) is 29.8 Å². The van der Waals surface area contributed by atoms with Crippen molar-refractivity contribution >= 4 is 11.5 Å². The lowest BCUT2D eigenvalue weighted by molar-refractivity contribution is 0.155. The molecule has 23 heavy (non-hydrogen) atoms. The lowest BCUT2D eigenvalue weighted by Crippen LogP contribution is -2.39. The molecule has 0 spiro atoms. The molecule has 118 valence electrons. The van der Waals surface area contributed by atoms with Crippen LogP contribution in [0.3, 0.4) is 0 Å². The Kier molecular flexibility index (Phi) is 3.45. The van der Waals surface area contributed by atoms with E-state index in [9.17, 15) is 4.39 Å². The van der Waals surface area contributed by atoms with Gasteiger partial charge in [0.2, 0.25) is 0 Å². The number of hydrogen-bond acceptors (Lipinski definition) is 7. The molecule has 3 aromatic heterocycles. The first-order valence-corrected chi connectivity index (χ1v) is 7.34. The summed E-state index contributed by atoms with van der Waals surface area (Å²) in [4.78, 5) is 9.84. The summed E-state index contributed by atoms with van der Waals surface area (Å²) in [6.07, 6.45) is 5.47. The molecule has 0 unspecified atom stereocenters. The zero-order valence-corrected chi connectivity index (χ0v) is 12.2. The second-order valence-electron chi connectivity index (χ2n) is 5.31. The fourth-order valence-corrected chi connectivity index (χ4v) is 2.60. The van der Waals surface area contributed by atoms with Gasteiger partial charge in [-0.2, -0.15) is 4.52 Å². The van der Waals surface area contributed by atoms with Crippen LogP contribution in [0.1, 0.15) is 12.8 Å². The standard InChI is InChI=1S/C14H14FN7O/c15-10-7-16-14(17-8-10)23-11-3-5-21(6-4-11)13-2-1-12-19-18-9-22(12)20-13/h1-2,7-9,11H,3-6H2. The number of ether oxygens (including phenoxy) is 1. The van der Waals surface area contributed by atoms with E-state index in [1.165, 1.54) is 0 Å². The Morgan fingerprint density at radius 3 is 2.70 bits per heavy atom. The van der Waals surface area contributed by atoms with Gasteiger partial charge in [-0.1, -0.05) is 0 Å². The molecule has 0 saturated carbocycles. The SMILES string of the molecule is Fc1cnc(OC2CCN(c3ccc4nncn4n3)CC2)nc1. The van der Waals surface area contributed by atoms with E-state index in [1.54, 1.807) is 10.8 Å². The number of anilines is 1. The van der Waals surface area contributed by atoms with Gasteiger partial charge in [-0.25, -0.2) is 14.4 Å². The van der Waals surface area contributed by atoms with Crippen LogP contribution in [-0.4, -0.2) is 49.0 Å². The lowest BCUT2D eigenvalue weighted by Gasteiger charge is -2.32. The van der Waals surface area contributed by atoms with Gasteiger partial charge in [-0.05, 0) is 12.1 Å². The molecule has 0 radical (unpaired) electrons. The summed E-state index contributed by atoms with van der Waals surface area (Å²) in [5.41, 5.74) is 0.723. The third-order valence-electron chi connectivity index (χ3n) is 3.78. The van der Waals surface area contributed by atoms with Crippen LogP contribution in [-0.2, 0) is 0 Å². The summed E-state index contributed by atoms with van der Waals surface area (Å²) >= 11 is 0. The summed E-state index contributed by atoms with van der Waals surface area (Å²) in [5, 5.41) is 12.3. The molecule has 0 bridgehead atoms. The smallest absolute Gasteiger partial charge is 0.316 e. The highest BCUT2D eigenvalue weighted by molar-refractivity contribution is 5.45. The summed E-state index contributed by atoms with van der Waals surface area (Å²) in [6, 6.07) is 4.05. The molecule has 1 aliphatic rings. The molecule has 4 heterocycles. The van der Waals surface area contributed by atoms with Crippen molar-refractivity contribution < 1.29 is 9.13 Å². The maximum absolute atomic E-state index is 12.8. The molecule has 0 N–H and O–H groups in total. The second kappa shape index (κ2) is 5.75. The summed E-state index contributed by atoms with van der Waals surface area (Å²) in [5.74, 6) is 0.413. The van der Waals surface area contributed by atoms with E-state index in [2.05, 4.69) is 30.2 Å². The van der Waals surface area contributed by atoms with Gasteiger partial charge in [-0.3, -0.25) is 0 Å². The number of halogens is 1. The Morgan fingerprint density at radius 1 is 1.13 bits per heavy atom. The maximum atomic E-state index is 12.8. The third kappa shape index (κ3) is 2.89. The number of piperidine rings is 1. The molecule has 1 fully saturated rings. The van der Waals surface area contributed by atoms with Gasteiger partial charge in [0.25, 0.3) is 0 Å². The van der Waals surface area contributed by atoms with Gasteiger partial charge < -0.3 is 9.64 Å². The minimum Gasteiger partial charge on any atom is -0.460 e. The number of fused-ring (bicyclic) bond motifs is 1. The van der Waals surface area contributed by atoms with E-state index in [1.807, 2.05) is 12.1 Å². The van der Waals surface area contributed by atoms with Crippen LogP contribution in [0.4, 0.5) is 10.2 Å². The first-order valence-electron chi connectivity index (χ1n) is 7.34. The molecular weight excluding hydrogens is 301 g/mol. The fourth-order valence-electron chi connectivity index (χ4n) is 2.60. The van der Waals surface area contributed by atoms with Gasteiger partial charge in [0.15, 0.2) is 11.5 Å². The van der Waals surface area contributed by atoms with Crippen LogP contribution in [0, 0.1) is 5.82 Å². The zero-order valence-electron chi connectivity index (χ0n) is 12.2. The van der Waals surface area contributed by atoms with Crippen molar-refractivity contribution in [2.45, 2.75) is 18.9 Å². The van der Waals surface area contributed by atoms with Crippen LogP contribution in [0.5, 0.6) is 6.01 Å². The van der Waals surface area contributed by atoms with Crippen molar-refractivity contribution in [1.29, 1.82) is 0 Å². The number of hydrogen-bond donors (Lipinski definition) is 0. The monoisotopic (exact) mass is 315 g/mol. The lowest BCUT2D eigenvalue weighted by atomic mass is 10.1. The van der Waals surface area contributed by atoms with Gasteiger partial charge in [0.05, 0.1) is 12.4 Å². The highest BCUT2D eigenvalue weighted by Gasteiger charge is 2.22. The van der Waals surface area contributed by atoms with Crippen molar-refractivity contribution in [2.24, 2.45) is 0 Å². The minimum atomic E-state index is -0.470. The van der Waals surface area contributed by atoms with E-state index in [0.29, 0.717) is 0 Å². The molecule has 4 rings (SSSR count). The minimum absolute atomic E-state index is 0.0235. The molecule has 0 atom stereocenters. The molecule has 9 heteroatoms. The van der Waals surface area contributed by atoms with Crippen LogP contribution >= 0.6 is 0 Å². The van der Waals surface area contributed by atoms with Crippen molar-refractivity contribution in [3.05, 3.63) is 36.7 Å². The largest absolute Gasteiger partial charge is 0.460 e. The summed E-state index contributed by atoms with van der Waals surface area (Å²) < 4.78 is 20.1. The second-order valence-corrected chi connectivity index (χ2v) is 5.31. The highest BCUT2D eigenvalue weighted by Crippen LogP contribution is 2.20. The highest BCUT2D eigenvalue weighted by atomic mass is 19.1. The summed E-state index contributed by atoms with van der Waals surface area (Å²) in [7, 11) is 0. The average Bonchev–Trinajstić information content (AvgIpc) is 3.05. The third-order valence-corrected chi connectivity index (χ3v) is 3.78. The Labute approximate surface area is 130 Å². The fraction of sp³-hybridized carbons (Fsp3) is 0.357. The first kappa shape index (κ1) is 13.8. The van der Waals surface area contributed by atoms with Crippen molar-refractivity contribution in [3.63, 3.8) is 0 Å². The van der Waals surface area contributed by atoms with E-state index in [4.69, 9.17) is 4.74 Å². The molecule has 8 nitrogen and oxygen atoms in total. The number of rotatable bonds is 3. The summed E-state index contributed by atoms with van der Waals surface area (Å²) in [6.45, 7) is 1.62. The van der Waals surface area contributed by atoms with Gasteiger partial charge in [0, 0.05) is 25.9 Å². The van der Waals surface area contributed by atoms with E-state index < -0.39 is 5.82 Å². The van der Waals surface area contributed by atoms with Crippen LogP contribution in [0.15, 0.2) is 30.9 Å². The Morgan fingerprint density at radius 2 is 1.91 bits per heavy atom. The van der Waals surface area contributed by atoms with E-state index in [0.717, 1.165) is 49.8 Å². The molecule has 0 aromatic carbocycles. The van der Waals surface area contributed by atoms with Gasteiger partial charge in [0.1, 0.15) is 18.2 Å². The zero-order chi connectivity index (χ0) is 15.6. The predicted molar refractivity (Wildman–Crippen MR) is 78.6 cm³/mol. The van der Waals surface area contributed by atoms with Crippen LogP contribution in [0.25, 0.3) is 5.65 Å². The molecule has 1 saturated heterocycles. The Balaban J connectivity index is 1.39. The number of nitrogens with zero attached hydrogens (tertiary/aromatic N) is 7. The molecular formula is C14H14FN7O. The molecule has 3 aromatic rings. The Hall–Kier alpha value is -2.84. The van der Waals surface area contributed by atoms with Crippen LogP contribution in [0.2, 0.25) is 0 Å². The first-order chi connectivity index (χ1) is 11.3. The van der Waals surface area contributed by atoms with E-state index in [-0.39, 0.29) is 12.1 Å². The number of aromatic nitrogens is 6. The van der Waals surface area contributed by atoms with Crippen molar-refractivity contribution in [3.8, 4) is 6.01 Å². The molecule has 1 aliphatic heterocycles. The van der Waals surface area contributed by atoms with E-state index >= 15 is 0 Å². The molecule has 0 amide bonds.